The van der Waals surface area contributed by atoms with Crippen LogP contribution in [0.5, 0.6) is 0 Å². The third-order valence-electron chi connectivity index (χ3n) is 3.80. The molecule has 0 amide bonds. The van der Waals surface area contributed by atoms with Crippen LogP contribution in [0.4, 0.5) is 5.82 Å². The first kappa shape index (κ1) is 16.4. The molecule has 26 heavy (non-hydrogen) atoms. The van der Waals surface area contributed by atoms with Gasteiger partial charge in [-0.3, -0.25) is 4.98 Å². The summed E-state index contributed by atoms with van der Waals surface area (Å²) < 4.78 is 1.48. The largest absolute Gasteiger partial charge is 0.383 e. The standard InChI is InChI=1S/C17H11Cl2N7/c18-13-2-1-3-14(15(13)19)26-17(23-24-25-26)12-8-11(9-22-16(12)20)10-4-6-21-7-5-10/h1-9H,(H2,20,22). The lowest BCUT2D eigenvalue weighted by Gasteiger charge is -2.10. The van der Waals surface area contributed by atoms with Crippen molar-refractivity contribution in [3.05, 3.63) is 65.0 Å². The fourth-order valence-electron chi connectivity index (χ4n) is 2.53. The number of nitrogens with two attached hydrogens (primary N) is 1. The summed E-state index contributed by atoms with van der Waals surface area (Å²) >= 11 is 12.4. The zero-order valence-corrected chi connectivity index (χ0v) is 14.7. The van der Waals surface area contributed by atoms with Crippen LogP contribution < -0.4 is 5.73 Å². The molecule has 3 aromatic heterocycles. The SMILES string of the molecule is Nc1ncc(-c2ccncc2)cc1-c1nnnn1-c1cccc(Cl)c1Cl. The van der Waals surface area contributed by atoms with Crippen molar-refractivity contribution >= 4 is 29.0 Å². The number of benzene rings is 1. The lowest BCUT2D eigenvalue weighted by atomic mass is 10.1. The van der Waals surface area contributed by atoms with Crippen molar-refractivity contribution in [1.29, 1.82) is 0 Å². The van der Waals surface area contributed by atoms with Gasteiger partial charge in [0.2, 0.25) is 0 Å². The van der Waals surface area contributed by atoms with Crippen molar-refractivity contribution in [2.24, 2.45) is 0 Å². The number of nitrogen functional groups attached to an aromatic ring is 1. The van der Waals surface area contributed by atoms with E-state index < -0.39 is 0 Å². The van der Waals surface area contributed by atoms with Gasteiger partial charge in [-0.25, -0.2) is 4.98 Å². The van der Waals surface area contributed by atoms with Gasteiger partial charge in [0.05, 0.1) is 21.3 Å². The third kappa shape index (κ3) is 2.87. The van der Waals surface area contributed by atoms with Crippen LogP contribution in [0.25, 0.3) is 28.2 Å². The molecule has 0 atom stereocenters. The van der Waals surface area contributed by atoms with Gasteiger partial charge in [0.15, 0.2) is 5.82 Å². The molecule has 0 bridgehead atoms. The fourth-order valence-corrected chi connectivity index (χ4v) is 2.91. The number of rotatable bonds is 3. The summed E-state index contributed by atoms with van der Waals surface area (Å²) in [6, 6.07) is 10.9. The van der Waals surface area contributed by atoms with E-state index in [1.54, 1.807) is 36.8 Å². The maximum absolute atomic E-state index is 6.31. The van der Waals surface area contributed by atoms with Gasteiger partial charge < -0.3 is 5.73 Å². The molecule has 1 aromatic carbocycles. The maximum Gasteiger partial charge on any atom is 0.190 e. The summed E-state index contributed by atoms with van der Waals surface area (Å²) in [7, 11) is 0. The number of halogens is 2. The van der Waals surface area contributed by atoms with Gasteiger partial charge in [0, 0.05) is 24.2 Å². The van der Waals surface area contributed by atoms with E-state index >= 15 is 0 Å². The number of nitrogens with zero attached hydrogens (tertiary/aromatic N) is 6. The van der Waals surface area contributed by atoms with Crippen molar-refractivity contribution in [1.82, 2.24) is 30.2 Å². The highest BCUT2D eigenvalue weighted by atomic mass is 35.5. The Bertz CT molecular complexity index is 1080. The summed E-state index contributed by atoms with van der Waals surface area (Å²) in [4.78, 5) is 8.30. The smallest absolute Gasteiger partial charge is 0.190 e. The Morgan fingerprint density at radius 1 is 1.00 bits per heavy atom. The minimum Gasteiger partial charge on any atom is -0.383 e. The summed E-state index contributed by atoms with van der Waals surface area (Å²) in [6.07, 6.45) is 5.11. The molecule has 2 N–H and O–H groups in total. The normalized spacial score (nSPS) is 10.8. The second-order valence-electron chi connectivity index (χ2n) is 5.38. The molecule has 0 spiro atoms. The predicted octanol–water partition coefficient (Wildman–Crippen LogP) is 3.68. The van der Waals surface area contributed by atoms with E-state index in [1.165, 1.54) is 4.68 Å². The Morgan fingerprint density at radius 3 is 2.62 bits per heavy atom. The Labute approximate surface area is 158 Å². The van der Waals surface area contributed by atoms with E-state index in [1.807, 2.05) is 18.2 Å². The van der Waals surface area contributed by atoms with Crippen molar-refractivity contribution in [3.63, 3.8) is 0 Å². The first-order valence-electron chi connectivity index (χ1n) is 7.54. The molecule has 7 nitrogen and oxygen atoms in total. The van der Waals surface area contributed by atoms with Crippen LogP contribution in [0.3, 0.4) is 0 Å². The predicted molar refractivity (Wildman–Crippen MR) is 100 cm³/mol. The van der Waals surface area contributed by atoms with Gasteiger partial charge >= 0.3 is 0 Å². The molecule has 128 valence electrons. The lowest BCUT2D eigenvalue weighted by molar-refractivity contribution is 0.791. The van der Waals surface area contributed by atoms with E-state index in [0.717, 1.165) is 11.1 Å². The van der Waals surface area contributed by atoms with Crippen LogP contribution in [0, 0.1) is 0 Å². The van der Waals surface area contributed by atoms with Crippen molar-refractivity contribution in [2.45, 2.75) is 0 Å². The van der Waals surface area contributed by atoms with E-state index in [9.17, 15) is 0 Å². The van der Waals surface area contributed by atoms with E-state index in [4.69, 9.17) is 28.9 Å². The number of aromatic nitrogens is 6. The monoisotopic (exact) mass is 383 g/mol. The molecule has 0 radical (unpaired) electrons. The third-order valence-corrected chi connectivity index (χ3v) is 4.61. The molecule has 0 aliphatic heterocycles. The molecule has 4 aromatic rings. The molecule has 4 rings (SSSR count). The van der Waals surface area contributed by atoms with Crippen LogP contribution in [0.15, 0.2) is 55.0 Å². The molecular formula is C17H11Cl2N7. The summed E-state index contributed by atoms with van der Waals surface area (Å²) in [6.45, 7) is 0. The Hall–Kier alpha value is -3.03. The van der Waals surface area contributed by atoms with Crippen LogP contribution >= 0.6 is 23.2 Å². The molecule has 0 aliphatic carbocycles. The average molecular weight is 384 g/mol. The number of pyridine rings is 2. The lowest BCUT2D eigenvalue weighted by Crippen LogP contribution is -2.04. The summed E-state index contributed by atoms with van der Waals surface area (Å²) in [5, 5.41) is 12.6. The fraction of sp³-hybridized carbons (Fsp3) is 0. The number of tetrazole rings is 1. The van der Waals surface area contributed by atoms with Gasteiger partial charge in [0.25, 0.3) is 0 Å². The molecule has 0 aliphatic rings. The van der Waals surface area contributed by atoms with E-state index in [2.05, 4.69) is 25.5 Å². The minimum atomic E-state index is 0.303. The van der Waals surface area contributed by atoms with Crippen molar-refractivity contribution in [2.75, 3.05) is 5.73 Å². The topological polar surface area (TPSA) is 95.4 Å². The maximum atomic E-state index is 6.31. The van der Waals surface area contributed by atoms with E-state index in [-0.39, 0.29) is 0 Å². The highest BCUT2D eigenvalue weighted by Crippen LogP contribution is 2.32. The van der Waals surface area contributed by atoms with E-state index in [0.29, 0.717) is 32.9 Å². The quantitative estimate of drug-likeness (QED) is 0.579. The molecule has 3 heterocycles. The number of hydrogen-bond donors (Lipinski definition) is 1. The average Bonchev–Trinajstić information content (AvgIpc) is 3.14. The van der Waals surface area contributed by atoms with Crippen LogP contribution in [0.2, 0.25) is 10.0 Å². The van der Waals surface area contributed by atoms with Crippen LogP contribution in [-0.2, 0) is 0 Å². The van der Waals surface area contributed by atoms with Gasteiger partial charge in [0.1, 0.15) is 5.82 Å². The highest BCUT2D eigenvalue weighted by Gasteiger charge is 2.18. The minimum absolute atomic E-state index is 0.303. The zero-order chi connectivity index (χ0) is 18.1. The van der Waals surface area contributed by atoms with Crippen LogP contribution in [0.1, 0.15) is 0 Å². The zero-order valence-electron chi connectivity index (χ0n) is 13.2. The summed E-state index contributed by atoms with van der Waals surface area (Å²) in [5.74, 6) is 0.715. The molecule has 0 saturated heterocycles. The number of hydrogen-bond acceptors (Lipinski definition) is 6. The molecular weight excluding hydrogens is 373 g/mol. The Kier molecular flexibility index (Phi) is 4.24. The molecule has 0 fully saturated rings. The van der Waals surface area contributed by atoms with Gasteiger partial charge in [-0.05, 0) is 46.3 Å². The van der Waals surface area contributed by atoms with Gasteiger partial charge in [-0.1, -0.05) is 29.3 Å². The molecule has 0 unspecified atom stereocenters. The van der Waals surface area contributed by atoms with Gasteiger partial charge in [-0.2, -0.15) is 4.68 Å². The van der Waals surface area contributed by atoms with Crippen molar-refractivity contribution < 1.29 is 0 Å². The summed E-state index contributed by atoms with van der Waals surface area (Å²) in [5.41, 5.74) is 9.03. The molecule has 0 saturated carbocycles. The number of anilines is 1. The van der Waals surface area contributed by atoms with Gasteiger partial charge in [-0.15, -0.1) is 5.10 Å². The highest BCUT2D eigenvalue weighted by molar-refractivity contribution is 6.43. The Morgan fingerprint density at radius 2 is 1.81 bits per heavy atom. The van der Waals surface area contributed by atoms with Crippen LogP contribution in [-0.4, -0.2) is 30.2 Å². The molecule has 9 heteroatoms. The van der Waals surface area contributed by atoms with Crippen molar-refractivity contribution in [3.8, 4) is 28.2 Å². The first-order valence-corrected chi connectivity index (χ1v) is 8.30. The second-order valence-corrected chi connectivity index (χ2v) is 6.17. The second kappa shape index (κ2) is 6.70. The first-order chi connectivity index (χ1) is 12.6. The Balaban J connectivity index is 1.88.